The summed E-state index contributed by atoms with van der Waals surface area (Å²) in [6.45, 7) is 0.357. The van der Waals surface area contributed by atoms with Gasteiger partial charge in [0.15, 0.2) is 11.3 Å². The Kier molecular flexibility index (Phi) is 5.84. The highest BCUT2D eigenvalue weighted by Crippen LogP contribution is 2.39. The first-order valence-corrected chi connectivity index (χ1v) is 11.4. The van der Waals surface area contributed by atoms with Crippen LogP contribution in [0.5, 0.6) is 5.75 Å². The van der Waals surface area contributed by atoms with Crippen molar-refractivity contribution in [2.24, 2.45) is 5.73 Å². The predicted octanol–water partition coefficient (Wildman–Crippen LogP) is 5.35. The lowest BCUT2D eigenvalue weighted by Gasteiger charge is -2.35. The smallest absolute Gasteiger partial charge is 0.250 e. The molecule has 3 N–H and O–H groups in total. The largest absolute Gasteiger partial charge is 0.486 e. The van der Waals surface area contributed by atoms with Crippen LogP contribution >= 0.6 is 0 Å². The van der Waals surface area contributed by atoms with E-state index in [4.69, 9.17) is 14.9 Å². The van der Waals surface area contributed by atoms with Gasteiger partial charge >= 0.3 is 0 Å². The molecule has 2 fully saturated rings. The van der Waals surface area contributed by atoms with E-state index in [0.717, 1.165) is 24.6 Å². The zero-order valence-corrected chi connectivity index (χ0v) is 18.2. The van der Waals surface area contributed by atoms with Gasteiger partial charge < -0.3 is 20.0 Å². The fourth-order valence-corrected chi connectivity index (χ4v) is 4.42. The summed E-state index contributed by atoms with van der Waals surface area (Å²) >= 11 is 0. The van der Waals surface area contributed by atoms with Crippen LogP contribution in [0.3, 0.4) is 0 Å². The maximum atomic E-state index is 15.2. The Morgan fingerprint density at radius 2 is 1.91 bits per heavy atom. The van der Waals surface area contributed by atoms with Crippen LogP contribution in [0, 0.1) is 5.82 Å². The number of aliphatic hydroxyl groups excluding tert-OH is 1. The minimum Gasteiger partial charge on any atom is -0.486 e. The van der Waals surface area contributed by atoms with Crippen LogP contribution in [-0.2, 0) is 6.54 Å². The van der Waals surface area contributed by atoms with Crippen molar-refractivity contribution >= 4 is 11.0 Å². The Morgan fingerprint density at radius 3 is 2.55 bits per heavy atom. The average molecular weight is 460 g/mol. The predicted molar refractivity (Wildman–Crippen MR) is 118 cm³/mol. The Morgan fingerprint density at radius 1 is 1.15 bits per heavy atom. The minimum absolute atomic E-state index is 0.0556. The molecule has 2 aliphatic rings. The van der Waals surface area contributed by atoms with E-state index in [1.54, 1.807) is 23.1 Å². The minimum atomic E-state index is -2.71. The van der Waals surface area contributed by atoms with Crippen LogP contribution < -0.4 is 10.5 Å². The number of rotatable bonds is 6. The first kappa shape index (κ1) is 22.3. The summed E-state index contributed by atoms with van der Waals surface area (Å²) in [7, 11) is 0. The number of hydrogen-bond donors (Lipinski definition) is 2. The molecule has 0 bridgehead atoms. The van der Waals surface area contributed by atoms with Gasteiger partial charge in [-0.1, -0.05) is 12.1 Å². The number of aliphatic hydroxyl groups is 1. The number of nitrogens with two attached hydrogens (primary N) is 1. The number of furan rings is 1. The van der Waals surface area contributed by atoms with Crippen LogP contribution in [0.15, 0.2) is 40.8 Å². The van der Waals surface area contributed by atoms with Gasteiger partial charge in [0.05, 0.1) is 12.6 Å². The van der Waals surface area contributed by atoms with Gasteiger partial charge in [0.25, 0.3) is 5.92 Å². The molecule has 2 aromatic carbocycles. The van der Waals surface area contributed by atoms with E-state index in [0.29, 0.717) is 33.8 Å². The molecule has 5 rings (SSSR count). The Balaban J connectivity index is 1.44. The van der Waals surface area contributed by atoms with Crippen LogP contribution in [0.25, 0.3) is 22.1 Å². The molecule has 1 saturated carbocycles. The highest BCUT2D eigenvalue weighted by atomic mass is 19.3. The summed E-state index contributed by atoms with van der Waals surface area (Å²) in [6, 6.07) is 9.93. The van der Waals surface area contributed by atoms with Crippen molar-refractivity contribution in [2.75, 3.05) is 13.1 Å². The van der Waals surface area contributed by atoms with Crippen molar-refractivity contribution in [3.63, 3.8) is 0 Å². The van der Waals surface area contributed by atoms with E-state index in [2.05, 4.69) is 0 Å². The summed E-state index contributed by atoms with van der Waals surface area (Å²) in [5, 5.41) is 11.4. The molecule has 1 aliphatic heterocycles. The normalized spacial score (nSPS) is 20.0. The van der Waals surface area contributed by atoms with Gasteiger partial charge in [-0.3, -0.25) is 4.90 Å². The summed E-state index contributed by atoms with van der Waals surface area (Å²) in [5.74, 6) is -2.04. The SMILES string of the molecule is NCc1cc2cc(-c3ccc(C(O)N4CCC(F)(F)CC4)cc3F)cc(OC3CCC3)c2o1. The second-order valence-electron chi connectivity index (χ2n) is 8.99. The lowest BCUT2D eigenvalue weighted by Crippen LogP contribution is -2.41. The number of alkyl halides is 2. The fourth-order valence-electron chi connectivity index (χ4n) is 4.42. The molecule has 3 aromatic rings. The molecular formula is C25H27F3N2O3. The molecule has 0 radical (unpaired) electrons. The topological polar surface area (TPSA) is 71.9 Å². The van der Waals surface area contributed by atoms with Crippen LogP contribution in [0.1, 0.15) is 49.7 Å². The summed E-state index contributed by atoms with van der Waals surface area (Å²) in [6.07, 6.45) is 1.42. The van der Waals surface area contributed by atoms with Crippen LogP contribution in [0.4, 0.5) is 13.2 Å². The fraction of sp³-hybridized carbons (Fsp3) is 0.440. The van der Waals surface area contributed by atoms with Gasteiger partial charge in [-0.15, -0.1) is 0 Å². The zero-order valence-electron chi connectivity index (χ0n) is 18.2. The molecule has 1 atom stereocenters. The average Bonchev–Trinajstić information content (AvgIpc) is 3.19. The highest BCUT2D eigenvalue weighted by Gasteiger charge is 2.36. The molecule has 8 heteroatoms. The summed E-state index contributed by atoms with van der Waals surface area (Å²) in [4.78, 5) is 1.54. The monoisotopic (exact) mass is 460 g/mol. The van der Waals surface area contributed by atoms with Crippen LogP contribution in [-0.4, -0.2) is 35.1 Å². The van der Waals surface area contributed by atoms with E-state index in [-0.39, 0.29) is 38.6 Å². The van der Waals surface area contributed by atoms with Gasteiger partial charge in [-0.2, -0.15) is 0 Å². The number of hydrogen-bond acceptors (Lipinski definition) is 5. The first-order valence-electron chi connectivity index (χ1n) is 11.4. The van der Waals surface area contributed by atoms with E-state index >= 15 is 4.39 Å². The van der Waals surface area contributed by atoms with Crippen molar-refractivity contribution < 1.29 is 27.4 Å². The van der Waals surface area contributed by atoms with E-state index in [1.807, 2.05) is 12.1 Å². The molecule has 2 heterocycles. The molecular weight excluding hydrogens is 433 g/mol. The Labute approximate surface area is 189 Å². The van der Waals surface area contributed by atoms with Gasteiger partial charge in [-0.05, 0) is 54.7 Å². The zero-order chi connectivity index (χ0) is 23.2. The number of nitrogens with zero attached hydrogens (tertiary/aromatic N) is 1. The van der Waals surface area contributed by atoms with Crippen molar-refractivity contribution in [3.8, 4) is 16.9 Å². The van der Waals surface area contributed by atoms with Crippen molar-refractivity contribution in [1.29, 1.82) is 0 Å². The highest BCUT2D eigenvalue weighted by molar-refractivity contribution is 5.89. The van der Waals surface area contributed by atoms with Gasteiger partial charge in [0, 0.05) is 36.9 Å². The lowest BCUT2D eigenvalue weighted by molar-refractivity contribution is -0.0962. The Bertz CT molecular complexity index is 1150. The molecule has 1 saturated heterocycles. The van der Waals surface area contributed by atoms with Crippen molar-refractivity contribution in [3.05, 3.63) is 53.5 Å². The number of benzene rings is 2. The maximum Gasteiger partial charge on any atom is 0.250 e. The number of piperidine rings is 1. The number of likely N-dealkylation sites (tertiary alicyclic amines) is 1. The van der Waals surface area contributed by atoms with Crippen LogP contribution in [0.2, 0.25) is 0 Å². The molecule has 1 unspecified atom stereocenters. The first-order chi connectivity index (χ1) is 15.8. The molecule has 0 amide bonds. The maximum absolute atomic E-state index is 15.2. The van der Waals surface area contributed by atoms with E-state index in [9.17, 15) is 13.9 Å². The lowest BCUT2D eigenvalue weighted by atomic mass is 9.96. The number of ether oxygens (including phenoxy) is 1. The molecule has 176 valence electrons. The van der Waals surface area contributed by atoms with Gasteiger partial charge in [0.1, 0.15) is 17.8 Å². The van der Waals surface area contributed by atoms with Gasteiger partial charge in [0.2, 0.25) is 0 Å². The standard InChI is InChI=1S/C25H27F3N2O3/c26-21-12-15(24(31)30-8-6-25(27,28)7-9-30)4-5-20(21)16-10-17-11-19(14-29)33-23(17)22(13-16)32-18-2-1-3-18/h4-5,10-13,18,24,31H,1-3,6-9,14,29H2. The number of halogens is 3. The summed E-state index contributed by atoms with van der Waals surface area (Å²) in [5.41, 5.74) is 7.64. The molecule has 5 nitrogen and oxygen atoms in total. The molecule has 0 spiro atoms. The Hall–Kier alpha value is -2.55. The third-order valence-electron chi connectivity index (χ3n) is 6.66. The second-order valence-corrected chi connectivity index (χ2v) is 8.99. The third-order valence-corrected chi connectivity index (χ3v) is 6.66. The quantitative estimate of drug-likeness (QED) is 0.519. The van der Waals surface area contributed by atoms with Crippen molar-refractivity contribution in [2.45, 2.75) is 56.9 Å². The van der Waals surface area contributed by atoms with E-state index in [1.165, 1.54) is 6.07 Å². The van der Waals surface area contributed by atoms with Crippen molar-refractivity contribution in [1.82, 2.24) is 4.90 Å². The van der Waals surface area contributed by atoms with E-state index < -0.39 is 18.0 Å². The molecule has 33 heavy (non-hydrogen) atoms. The summed E-state index contributed by atoms with van der Waals surface area (Å²) < 4.78 is 54.0. The molecule has 1 aromatic heterocycles. The second kappa shape index (κ2) is 8.66. The third kappa shape index (κ3) is 4.47. The molecule has 1 aliphatic carbocycles. The number of fused-ring (bicyclic) bond motifs is 1. The van der Waals surface area contributed by atoms with Gasteiger partial charge in [-0.25, -0.2) is 13.2 Å².